The summed E-state index contributed by atoms with van der Waals surface area (Å²) >= 11 is 1.49. The van der Waals surface area contributed by atoms with E-state index in [0.717, 1.165) is 11.1 Å². The van der Waals surface area contributed by atoms with Gasteiger partial charge in [-0.25, -0.2) is 13.5 Å². The summed E-state index contributed by atoms with van der Waals surface area (Å²) in [6.45, 7) is 0.616. The summed E-state index contributed by atoms with van der Waals surface area (Å²) in [4.78, 5) is 0. The van der Waals surface area contributed by atoms with E-state index in [2.05, 4.69) is 15.6 Å². The molecule has 0 aliphatic carbocycles. The molecule has 0 spiro atoms. The number of halogens is 2. The first-order valence-corrected chi connectivity index (χ1v) is 10.6. The van der Waals surface area contributed by atoms with Crippen LogP contribution >= 0.6 is 11.8 Å². The van der Waals surface area contributed by atoms with Crippen LogP contribution in [0.15, 0.2) is 84.3 Å². The minimum Gasteiger partial charge on any atom is -0.488 e. The molecule has 4 aromatic rings. The second-order valence-corrected chi connectivity index (χ2v) is 7.66. The highest BCUT2D eigenvalue weighted by Gasteiger charge is 2.09. The van der Waals surface area contributed by atoms with E-state index in [1.807, 2.05) is 24.3 Å². The number of rotatable bonds is 9. The monoisotopic (exact) mass is 438 g/mol. The molecule has 1 N–H and O–H groups in total. The number of nitrogens with zero attached hydrogens (tertiary/aromatic N) is 3. The molecule has 0 radical (unpaired) electrons. The second-order valence-electron chi connectivity index (χ2n) is 6.72. The minimum atomic E-state index is -0.287. The van der Waals surface area contributed by atoms with Crippen molar-refractivity contribution in [3.63, 3.8) is 0 Å². The van der Waals surface area contributed by atoms with E-state index in [0.29, 0.717) is 28.8 Å². The summed E-state index contributed by atoms with van der Waals surface area (Å²) in [5.74, 6) is 0.773. The van der Waals surface area contributed by atoms with Crippen molar-refractivity contribution in [1.82, 2.24) is 14.9 Å². The summed E-state index contributed by atoms with van der Waals surface area (Å²) in [6.07, 6.45) is 1.59. The molecule has 5 nitrogen and oxygen atoms in total. The molecule has 3 aromatic carbocycles. The fourth-order valence-electron chi connectivity index (χ4n) is 2.89. The first-order chi connectivity index (χ1) is 15.2. The Kier molecular flexibility index (Phi) is 6.78. The van der Waals surface area contributed by atoms with E-state index >= 15 is 0 Å². The van der Waals surface area contributed by atoms with Gasteiger partial charge in [-0.05, 0) is 29.8 Å². The third kappa shape index (κ3) is 5.61. The maximum absolute atomic E-state index is 13.9. The molecule has 1 heterocycles. The van der Waals surface area contributed by atoms with Crippen molar-refractivity contribution in [3.8, 4) is 5.75 Å². The van der Waals surface area contributed by atoms with Crippen LogP contribution in [0.3, 0.4) is 0 Å². The van der Waals surface area contributed by atoms with Crippen LogP contribution in [0.25, 0.3) is 0 Å². The van der Waals surface area contributed by atoms with Gasteiger partial charge < -0.3 is 10.2 Å². The lowest BCUT2D eigenvalue weighted by atomic mass is 10.2. The second kappa shape index (κ2) is 10.1. The van der Waals surface area contributed by atoms with Crippen LogP contribution in [0, 0.1) is 11.6 Å². The van der Waals surface area contributed by atoms with Crippen molar-refractivity contribution < 1.29 is 13.5 Å². The molecule has 0 bridgehead atoms. The maximum atomic E-state index is 13.9. The molecule has 0 saturated heterocycles. The topological polar surface area (TPSA) is 52.0 Å². The lowest BCUT2D eigenvalue weighted by Gasteiger charge is -2.14. The average Bonchev–Trinajstić information content (AvgIpc) is 3.25. The summed E-state index contributed by atoms with van der Waals surface area (Å²) < 4.78 is 34.5. The predicted octanol–water partition coefficient (Wildman–Crippen LogP) is 5.17. The lowest BCUT2D eigenvalue weighted by molar-refractivity contribution is 0.297. The standard InChI is InChI=1S/C23H20F2N4OS/c24-20-11-9-17(10-12-20)15-31-23-28-26-16-29(23)27-13-18-5-2-4-8-22(18)30-14-19-6-1-3-7-21(19)25/h1-12,16,27H,13-15H2. The van der Waals surface area contributed by atoms with Gasteiger partial charge in [0.05, 0.1) is 6.54 Å². The number of aromatic nitrogens is 3. The molecule has 0 amide bonds. The summed E-state index contributed by atoms with van der Waals surface area (Å²) in [5.41, 5.74) is 5.68. The Morgan fingerprint density at radius 3 is 2.45 bits per heavy atom. The van der Waals surface area contributed by atoms with Gasteiger partial charge in [-0.2, -0.15) is 0 Å². The molecule has 0 saturated carbocycles. The quantitative estimate of drug-likeness (QED) is 0.365. The highest BCUT2D eigenvalue weighted by molar-refractivity contribution is 7.98. The SMILES string of the molecule is Fc1ccc(CSc2nncn2NCc2ccccc2OCc2ccccc2F)cc1. The average molecular weight is 439 g/mol. The van der Waals surface area contributed by atoms with Crippen molar-refractivity contribution in [1.29, 1.82) is 0 Å². The summed E-state index contributed by atoms with van der Waals surface area (Å²) in [6, 6.07) is 20.5. The van der Waals surface area contributed by atoms with Crippen LogP contribution in [0.5, 0.6) is 5.75 Å². The summed E-state index contributed by atoms with van der Waals surface area (Å²) in [7, 11) is 0. The smallest absolute Gasteiger partial charge is 0.210 e. The van der Waals surface area contributed by atoms with E-state index in [1.54, 1.807) is 41.3 Å². The molecule has 0 unspecified atom stereocenters. The zero-order valence-electron chi connectivity index (χ0n) is 16.5. The van der Waals surface area contributed by atoms with Gasteiger partial charge >= 0.3 is 0 Å². The fraction of sp³-hybridized carbons (Fsp3) is 0.130. The van der Waals surface area contributed by atoms with Gasteiger partial charge in [0.25, 0.3) is 0 Å². The first kappa shape index (κ1) is 20.9. The molecule has 0 aliphatic heterocycles. The first-order valence-electron chi connectivity index (χ1n) is 9.64. The van der Waals surface area contributed by atoms with Gasteiger partial charge in [0.15, 0.2) is 0 Å². The third-order valence-electron chi connectivity index (χ3n) is 4.55. The molecule has 1 aromatic heterocycles. The van der Waals surface area contributed by atoms with Gasteiger partial charge in [0, 0.05) is 16.9 Å². The number of nitrogens with one attached hydrogen (secondary N) is 1. The number of thioether (sulfide) groups is 1. The highest BCUT2D eigenvalue weighted by atomic mass is 32.2. The highest BCUT2D eigenvalue weighted by Crippen LogP contribution is 2.22. The van der Waals surface area contributed by atoms with E-state index in [1.165, 1.54) is 30.0 Å². The van der Waals surface area contributed by atoms with E-state index in [-0.39, 0.29) is 18.2 Å². The number of benzene rings is 3. The molecule has 0 atom stereocenters. The summed E-state index contributed by atoms with van der Waals surface area (Å²) in [5, 5.41) is 8.79. The Balaban J connectivity index is 1.37. The van der Waals surface area contributed by atoms with Crippen LogP contribution in [-0.2, 0) is 18.9 Å². The van der Waals surface area contributed by atoms with Gasteiger partial charge in [-0.3, -0.25) is 0 Å². The van der Waals surface area contributed by atoms with E-state index in [9.17, 15) is 8.78 Å². The number of para-hydroxylation sites is 1. The van der Waals surface area contributed by atoms with Crippen LogP contribution < -0.4 is 10.2 Å². The molecule has 0 fully saturated rings. The van der Waals surface area contributed by atoms with Crippen LogP contribution in [0.4, 0.5) is 8.78 Å². The molecule has 31 heavy (non-hydrogen) atoms. The molecule has 4 rings (SSSR count). The van der Waals surface area contributed by atoms with Crippen molar-refractivity contribution in [2.24, 2.45) is 0 Å². The van der Waals surface area contributed by atoms with E-state index in [4.69, 9.17) is 4.74 Å². The fourth-order valence-corrected chi connectivity index (χ4v) is 3.74. The zero-order valence-corrected chi connectivity index (χ0v) is 17.4. The normalized spacial score (nSPS) is 10.8. The van der Waals surface area contributed by atoms with Crippen molar-refractivity contribution >= 4 is 11.8 Å². The van der Waals surface area contributed by atoms with Crippen molar-refractivity contribution in [2.75, 3.05) is 5.43 Å². The molecule has 8 heteroatoms. The van der Waals surface area contributed by atoms with Gasteiger partial charge in [-0.1, -0.05) is 60.3 Å². The molecule has 0 aliphatic rings. The Hall–Kier alpha value is -3.39. The maximum Gasteiger partial charge on any atom is 0.210 e. The van der Waals surface area contributed by atoms with Gasteiger partial charge in [0.1, 0.15) is 30.3 Å². The van der Waals surface area contributed by atoms with E-state index < -0.39 is 0 Å². The zero-order chi connectivity index (χ0) is 21.5. The predicted molar refractivity (Wildman–Crippen MR) is 116 cm³/mol. The number of ether oxygens (including phenoxy) is 1. The Bertz CT molecular complexity index is 1130. The molecule has 158 valence electrons. The van der Waals surface area contributed by atoms with Crippen LogP contribution in [0.2, 0.25) is 0 Å². The van der Waals surface area contributed by atoms with Gasteiger partial charge in [0.2, 0.25) is 5.16 Å². The Morgan fingerprint density at radius 2 is 1.65 bits per heavy atom. The van der Waals surface area contributed by atoms with Crippen LogP contribution in [-0.4, -0.2) is 14.9 Å². The van der Waals surface area contributed by atoms with Crippen LogP contribution in [0.1, 0.15) is 16.7 Å². The number of hydrogen-bond acceptors (Lipinski definition) is 5. The largest absolute Gasteiger partial charge is 0.488 e. The Morgan fingerprint density at radius 1 is 0.903 bits per heavy atom. The minimum absolute atomic E-state index is 0.148. The van der Waals surface area contributed by atoms with Crippen molar-refractivity contribution in [3.05, 3.63) is 107 Å². The molecular formula is C23H20F2N4OS. The number of hydrogen-bond donors (Lipinski definition) is 1. The Labute approximate surface area is 183 Å². The van der Waals surface area contributed by atoms with Crippen molar-refractivity contribution in [2.45, 2.75) is 24.1 Å². The molecular weight excluding hydrogens is 418 g/mol. The van der Waals surface area contributed by atoms with Gasteiger partial charge in [-0.15, -0.1) is 10.2 Å². The third-order valence-corrected chi connectivity index (χ3v) is 5.57. The lowest BCUT2D eigenvalue weighted by Crippen LogP contribution is -2.15.